The minimum absolute atomic E-state index is 0.0656. The first-order chi connectivity index (χ1) is 13.2. The van der Waals surface area contributed by atoms with Crippen molar-refractivity contribution in [3.05, 3.63) is 47.8 Å². The van der Waals surface area contributed by atoms with Crippen LogP contribution in [0.25, 0.3) is 22.0 Å². The van der Waals surface area contributed by atoms with Crippen LogP contribution in [-0.4, -0.2) is 54.2 Å². The third-order valence-corrected chi connectivity index (χ3v) is 4.64. The van der Waals surface area contributed by atoms with Crippen LogP contribution < -0.4 is 15.4 Å². The number of ketones is 1. The van der Waals surface area contributed by atoms with Crippen molar-refractivity contribution in [3.63, 3.8) is 0 Å². The summed E-state index contributed by atoms with van der Waals surface area (Å²) in [5, 5.41) is 16.1. The molecule has 0 saturated heterocycles. The molecule has 27 heavy (non-hydrogen) atoms. The summed E-state index contributed by atoms with van der Waals surface area (Å²) in [6.45, 7) is 1.84. The number of hydrogen-bond donors (Lipinski definition) is 3. The number of aromatic nitrogens is 2. The highest BCUT2D eigenvalue weighted by Crippen LogP contribution is 2.43. The molecule has 2 heterocycles. The lowest BCUT2D eigenvalue weighted by atomic mass is 10.0. The molecule has 0 amide bonds. The van der Waals surface area contributed by atoms with Crippen molar-refractivity contribution in [2.45, 2.75) is 0 Å². The fourth-order valence-corrected chi connectivity index (χ4v) is 3.40. The number of nitrogens with zero attached hydrogens (tertiary/aromatic N) is 2. The molecule has 0 saturated carbocycles. The number of methoxy groups -OCH3 is 1. The Hall–Kier alpha value is -3.03. The molecule has 0 fully saturated rings. The van der Waals surface area contributed by atoms with Crippen molar-refractivity contribution in [1.82, 2.24) is 15.3 Å². The number of carbonyl (C=O) groups excluding carboxylic acids is 1. The van der Waals surface area contributed by atoms with E-state index in [9.17, 15) is 4.79 Å². The van der Waals surface area contributed by atoms with E-state index in [1.54, 1.807) is 19.5 Å². The van der Waals surface area contributed by atoms with Gasteiger partial charge < -0.3 is 20.5 Å². The average molecular weight is 364 g/mol. The molecule has 0 unspecified atom stereocenters. The third-order valence-electron chi connectivity index (χ3n) is 4.64. The van der Waals surface area contributed by atoms with E-state index >= 15 is 0 Å². The molecular weight excluding hydrogens is 344 g/mol. The third kappa shape index (κ3) is 3.01. The van der Waals surface area contributed by atoms with Crippen LogP contribution in [0.1, 0.15) is 15.9 Å². The van der Waals surface area contributed by atoms with Gasteiger partial charge in [0.25, 0.3) is 0 Å². The predicted molar refractivity (Wildman–Crippen MR) is 103 cm³/mol. The van der Waals surface area contributed by atoms with Crippen LogP contribution in [0.4, 0.5) is 5.82 Å². The van der Waals surface area contributed by atoms with Crippen LogP contribution >= 0.6 is 0 Å². The monoisotopic (exact) mass is 364 g/mol. The second-order valence-corrected chi connectivity index (χ2v) is 6.24. The molecule has 4 rings (SSSR count). The molecule has 7 heteroatoms. The number of ether oxygens (including phenoxy) is 1. The number of nitrogens with one attached hydrogen (secondary N) is 2. The molecule has 1 aliphatic carbocycles. The summed E-state index contributed by atoms with van der Waals surface area (Å²) in [7, 11) is 1.62. The van der Waals surface area contributed by atoms with Gasteiger partial charge in [-0.2, -0.15) is 0 Å². The van der Waals surface area contributed by atoms with Gasteiger partial charge in [0.1, 0.15) is 11.6 Å². The largest absolute Gasteiger partial charge is 0.497 e. The van der Waals surface area contributed by atoms with E-state index in [0.717, 1.165) is 22.0 Å². The van der Waals surface area contributed by atoms with E-state index in [1.807, 2.05) is 24.3 Å². The summed E-state index contributed by atoms with van der Waals surface area (Å²) in [4.78, 5) is 21.8. The molecule has 1 aliphatic rings. The summed E-state index contributed by atoms with van der Waals surface area (Å²) in [5.41, 5.74) is 3.70. The van der Waals surface area contributed by atoms with E-state index < -0.39 is 0 Å². The van der Waals surface area contributed by atoms with Crippen molar-refractivity contribution < 1.29 is 14.6 Å². The maximum atomic E-state index is 13.0. The topological polar surface area (TPSA) is 96.4 Å². The molecule has 0 bridgehead atoms. The lowest BCUT2D eigenvalue weighted by molar-refractivity contribution is 0.104. The summed E-state index contributed by atoms with van der Waals surface area (Å²) < 4.78 is 5.33. The SMILES string of the molecule is COc1ccc2c3c(c(NCCNCCO)nc2c1)C(=O)c1cnccc1-3. The van der Waals surface area contributed by atoms with Crippen LogP contribution in [0, 0.1) is 0 Å². The molecule has 0 aliphatic heterocycles. The zero-order chi connectivity index (χ0) is 18.8. The van der Waals surface area contributed by atoms with Gasteiger partial charge in [-0.05, 0) is 23.8 Å². The fraction of sp³-hybridized carbons (Fsp3) is 0.250. The van der Waals surface area contributed by atoms with Gasteiger partial charge >= 0.3 is 0 Å². The summed E-state index contributed by atoms with van der Waals surface area (Å²) in [5.74, 6) is 1.20. The number of hydrogen-bond acceptors (Lipinski definition) is 7. The van der Waals surface area contributed by atoms with Crippen molar-refractivity contribution in [3.8, 4) is 16.9 Å². The zero-order valence-electron chi connectivity index (χ0n) is 15.0. The Morgan fingerprint density at radius 3 is 2.81 bits per heavy atom. The smallest absolute Gasteiger partial charge is 0.199 e. The highest BCUT2D eigenvalue weighted by atomic mass is 16.5. The minimum atomic E-state index is -0.0656. The standard InChI is InChI=1S/C20H20N4O3/c1-27-12-2-3-14-16(10-12)24-20(23-7-6-21-8-9-25)18-17(14)13-4-5-22-11-15(13)19(18)26/h2-5,10-11,21,25H,6-9H2,1H3,(H,23,24). The lowest BCUT2D eigenvalue weighted by Gasteiger charge is -2.13. The van der Waals surface area contributed by atoms with Gasteiger partial charge in [-0.15, -0.1) is 0 Å². The second kappa shape index (κ2) is 7.30. The van der Waals surface area contributed by atoms with Crippen LogP contribution in [0.2, 0.25) is 0 Å². The Bertz CT molecular complexity index is 1020. The predicted octanol–water partition coefficient (Wildman–Crippen LogP) is 1.84. The van der Waals surface area contributed by atoms with E-state index in [1.165, 1.54) is 0 Å². The molecule has 138 valence electrons. The van der Waals surface area contributed by atoms with Crippen molar-refractivity contribution >= 4 is 22.5 Å². The Balaban J connectivity index is 1.83. The van der Waals surface area contributed by atoms with Crippen LogP contribution in [-0.2, 0) is 0 Å². The van der Waals surface area contributed by atoms with Gasteiger partial charge in [-0.3, -0.25) is 9.78 Å². The van der Waals surface area contributed by atoms with Crippen LogP contribution in [0.15, 0.2) is 36.7 Å². The Morgan fingerprint density at radius 2 is 2.00 bits per heavy atom. The van der Waals surface area contributed by atoms with E-state index in [-0.39, 0.29) is 12.4 Å². The Kier molecular flexibility index (Phi) is 4.70. The maximum absolute atomic E-state index is 13.0. The fourth-order valence-electron chi connectivity index (χ4n) is 3.40. The molecule has 1 aromatic carbocycles. The summed E-state index contributed by atoms with van der Waals surface area (Å²) in [6, 6.07) is 7.55. The summed E-state index contributed by atoms with van der Waals surface area (Å²) in [6.07, 6.45) is 3.31. The maximum Gasteiger partial charge on any atom is 0.199 e. The highest BCUT2D eigenvalue weighted by Gasteiger charge is 2.32. The van der Waals surface area contributed by atoms with Gasteiger partial charge in [0, 0.05) is 54.6 Å². The first kappa shape index (κ1) is 17.4. The number of benzene rings is 1. The summed E-state index contributed by atoms with van der Waals surface area (Å²) >= 11 is 0. The Morgan fingerprint density at radius 1 is 1.11 bits per heavy atom. The molecule has 7 nitrogen and oxygen atoms in total. The van der Waals surface area contributed by atoms with E-state index in [0.29, 0.717) is 42.3 Å². The molecule has 0 radical (unpaired) electrons. The molecule has 3 aromatic rings. The van der Waals surface area contributed by atoms with Gasteiger partial charge in [0.2, 0.25) is 0 Å². The number of aliphatic hydroxyl groups excluding tert-OH is 1. The second-order valence-electron chi connectivity index (χ2n) is 6.24. The van der Waals surface area contributed by atoms with Gasteiger partial charge in [-0.25, -0.2) is 4.98 Å². The molecule has 3 N–H and O–H groups in total. The average Bonchev–Trinajstić information content (AvgIpc) is 3.01. The highest BCUT2D eigenvalue weighted by molar-refractivity contribution is 6.27. The molecule has 2 aromatic heterocycles. The Labute approximate surface area is 156 Å². The minimum Gasteiger partial charge on any atom is -0.497 e. The van der Waals surface area contributed by atoms with Gasteiger partial charge in [0.05, 0.1) is 24.8 Å². The van der Waals surface area contributed by atoms with E-state index in [4.69, 9.17) is 14.8 Å². The quantitative estimate of drug-likeness (QED) is 0.431. The van der Waals surface area contributed by atoms with Crippen molar-refractivity contribution in [2.75, 3.05) is 38.7 Å². The number of rotatable bonds is 7. The number of aliphatic hydroxyl groups is 1. The van der Waals surface area contributed by atoms with Crippen LogP contribution in [0.5, 0.6) is 5.75 Å². The lowest BCUT2D eigenvalue weighted by Crippen LogP contribution is -2.25. The number of fused-ring (bicyclic) bond motifs is 5. The van der Waals surface area contributed by atoms with Gasteiger partial charge in [-0.1, -0.05) is 0 Å². The number of carbonyl (C=O) groups is 1. The normalized spacial score (nSPS) is 12.1. The van der Waals surface area contributed by atoms with Gasteiger partial charge in [0.15, 0.2) is 5.78 Å². The van der Waals surface area contributed by atoms with Crippen molar-refractivity contribution in [2.24, 2.45) is 0 Å². The first-order valence-electron chi connectivity index (χ1n) is 8.81. The van der Waals surface area contributed by atoms with E-state index in [2.05, 4.69) is 15.6 Å². The molecule has 0 spiro atoms. The zero-order valence-corrected chi connectivity index (χ0v) is 15.0. The first-order valence-corrected chi connectivity index (χ1v) is 8.81. The van der Waals surface area contributed by atoms with Crippen LogP contribution in [0.3, 0.4) is 0 Å². The molecule has 0 atom stereocenters. The number of anilines is 1. The number of pyridine rings is 2. The molecular formula is C20H20N4O3. The van der Waals surface area contributed by atoms with Crippen molar-refractivity contribution in [1.29, 1.82) is 0 Å².